The highest BCUT2D eigenvalue weighted by Gasteiger charge is 2.05. The third kappa shape index (κ3) is 2.98. The van der Waals surface area contributed by atoms with Crippen molar-refractivity contribution < 1.29 is 4.74 Å². The first-order valence-corrected chi connectivity index (χ1v) is 4.83. The second kappa shape index (κ2) is 5.75. The first-order valence-electron chi connectivity index (χ1n) is 4.83. The molecule has 1 aromatic carbocycles. The molecule has 0 atom stereocenters. The molecule has 4 nitrogen and oxygen atoms in total. The van der Waals surface area contributed by atoms with Crippen LogP contribution in [-0.2, 0) is 6.54 Å². The fraction of sp³-hybridized carbons (Fsp3) is 0.333. The van der Waals surface area contributed by atoms with Gasteiger partial charge in [0.1, 0.15) is 11.8 Å². The second-order valence-electron chi connectivity index (χ2n) is 3.48. The summed E-state index contributed by atoms with van der Waals surface area (Å²) >= 11 is 0. The lowest BCUT2D eigenvalue weighted by molar-refractivity contribution is 0.365. The van der Waals surface area contributed by atoms with E-state index in [1.54, 1.807) is 13.2 Å². The largest absolute Gasteiger partial charge is 0.495 e. The highest BCUT2D eigenvalue weighted by Crippen LogP contribution is 2.19. The van der Waals surface area contributed by atoms with Crippen molar-refractivity contribution in [1.29, 1.82) is 10.5 Å². The zero-order valence-electron chi connectivity index (χ0n) is 9.40. The molecule has 0 aliphatic carbocycles. The topological polar surface area (TPSA) is 60.0 Å². The van der Waals surface area contributed by atoms with Gasteiger partial charge in [-0.25, -0.2) is 0 Å². The summed E-state index contributed by atoms with van der Waals surface area (Å²) in [5, 5.41) is 17.4. The molecule has 0 heterocycles. The highest BCUT2D eigenvalue weighted by molar-refractivity contribution is 5.45. The van der Waals surface area contributed by atoms with E-state index < -0.39 is 0 Å². The van der Waals surface area contributed by atoms with E-state index >= 15 is 0 Å². The SMILES string of the molecule is COc1cc(CN(C)CC#N)ccc1C#N. The maximum atomic E-state index is 8.82. The Bertz CT molecular complexity index is 443. The molecule has 0 radical (unpaired) electrons. The molecule has 0 saturated heterocycles. The van der Waals surface area contributed by atoms with Gasteiger partial charge < -0.3 is 4.74 Å². The van der Waals surface area contributed by atoms with Crippen LogP contribution in [0.3, 0.4) is 0 Å². The Morgan fingerprint density at radius 3 is 2.69 bits per heavy atom. The van der Waals surface area contributed by atoms with Crippen molar-refractivity contribution >= 4 is 0 Å². The van der Waals surface area contributed by atoms with Gasteiger partial charge in [-0.05, 0) is 24.7 Å². The number of benzene rings is 1. The van der Waals surface area contributed by atoms with E-state index in [1.807, 2.05) is 24.1 Å². The summed E-state index contributed by atoms with van der Waals surface area (Å²) < 4.78 is 5.11. The monoisotopic (exact) mass is 215 g/mol. The summed E-state index contributed by atoms with van der Waals surface area (Å²) in [6.45, 7) is 1.04. The summed E-state index contributed by atoms with van der Waals surface area (Å²) in [5.74, 6) is 0.574. The normalized spacial score (nSPS) is 9.56. The van der Waals surface area contributed by atoms with Crippen LogP contribution in [0.5, 0.6) is 5.75 Å². The zero-order chi connectivity index (χ0) is 12.0. The molecule has 82 valence electrons. The number of methoxy groups -OCH3 is 1. The van der Waals surface area contributed by atoms with Crippen molar-refractivity contribution in [3.63, 3.8) is 0 Å². The molecule has 0 amide bonds. The number of hydrogen-bond acceptors (Lipinski definition) is 4. The van der Waals surface area contributed by atoms with Crippen LogP contribution in [-0.4, -0.2) is 25.6 Å². The minimum Gasteiger partial charge on any atom is -0.495 e. The average molecular weight is 215 g/mol. The molecule has 0 aromatic heterocycles. The predicted molar refractivity (Wildman–Crippen MR) is 59.7 cm³/mol. The van der Waals surface area contributed by atoms with Gasteiger partial charge in [0.2, 0.25) is 0 Å². The number of hydrogen-bond donors (Lipinski definition) is 0. The fourth-order valence-corrected chi connectivity index (χ4v) is 1.41. The Labute approximate surface area is 95.3 Å². The van der Waals surface area contributed by atoms with Gasteiger partial charge in [0.05, 0.1) is 25.3 Å². The molecule has 4 heteroatoms. The molecule has 16 heavy (non-hydrogen) atoms. The van der Waals surface area contributed by atoms with Crippen LogP contribution in [0.4, 0.5) is 0 Å². The van der Waals surface area contributed by atoms with Gasteiger partial charge in [0.25, 0.3) is 0 Å². The molecule has 0 fully saturated rings. The van der Waals surface area contributed by atoms with Crippen LogP contribution in [0.1, 0.15) is 11.1 Å². The van der Waals surface area contributed by atoms with Crippen LogP contribution >= 0.6 is 0 Å². The number of nitriles is 2. The van der Waals surface area contributed by atoms with Crippen LogP contribution in [0, 0.1) is 22.7 Å². The van der Waals surface area contributed by atoms with E-state index in [2.05, 4.69) is 12.1 Å². The lowest BCUT2D eigenvalue weighted by Gasteiger charge is -2.13. The van der Waals surface area contributed by atoms with Gasteiger partial charge in [-0.1, -0.05) is 6.07 Å². The summed E-state index contributed by atoms with van der Waals surface area (Å²) in [6, 6.07) is 9.57. The van der Waals surface area contributed by atoms with E-state index in [-0.39, 0.29) is 0 Å². The van der Waals surface area contributed by atoms with E-state index in [0.29, 0.717) is 24.4 Å². The van der Waals surface area contributed by atoms with Crippen molar-refractivity contribution in [3.8, 4) is 17.9 Å². The van der Waals surface area contributed by atoms with Gasteiger partial charge in [0, 0.05) is 6.54 Å². The van der Waals surface area contributed by atoms with Gasteiger partial charge in [-0.3, -0.25) is 4.90 Å². The number of rotatable bonds is 4. The van der Waals surface area contributed by atoms with Crippen molar-refractivity contribution in [2.45, 2.75) is 6.54 Å². The molecule has 0 bridgehead atoms. The second-order valence-corrected chi connectivity index (χ2v) is 3.48. The molecular weight excluding hydrogens is 202 g/mol. The van der Waals surface area contributed by atoms with Gasteiger partial charge in [-0.15, -0.1) is 0 Å². The summed E-state index contributed by atoms with van der Waals surface area (Å²) in [5.41, 5.74) is 1.54. The Hall–Kier alpha value is -2.04. The van der Waals surface area contributed by atoms with Crippen molar-refractivity contribution in [2.75, 3.05) is 20.7 Å². The van der Waals surface area contributed by atoms with E-state index in [4.69, 9.17) is 15.3 Å². The molecule has 0 unspecified atom stereocenters. The molecule has 0 spiro atoms. The van der Waals surface area contributed by atoms with Crippen molar-refractivity contribution in [1.82, 2.24) is 4.90 Å². The van der Waals surface area contributed by atoms with Crippen LogP contribution in [0.2, 0.25) is 0 Å². The Morgan fingerprint density at radius 1 is 1.38 bits per heavy atom. The quantitative estimate of drug-likeness (QED) is 0.714. The van der Waals surface area contributed by atoms with E-state index in [0.717, 1.165) is 5.56 Å². The summed E-state index contributed by atoms with van der Waals surface area (Å²) in [7, 11) is 3.41. The minimum atomic E-state index is 0.377. The number of ether oxygens (including phenoxy) is 1. The predicted octanol–water partition coefficient (Wildman–Crippen LogP) is 1.52. The van der Waals surface area contributed by atoms with Gasteiger partial charge in [-0.2, -0.15) is 10.5 Å². The van der Waals surface area contributed by atoms with Gasteiger partial charge >= 0.3 is 0 Å². The molecule has 0 saturated carbocycles. The van der Waals surface area contributed by atoms with Gasteiger partial charge in [0.15, 0.2) is 0 Å². The van der Waals surface area contributed by atoms with E-state index in [1.165, 1.54) is 0 Å². The fourth-order valence-electron chi connectivity index (χ4n) is 1.41. The maximum Gasteiger partial charge on any atom is 0.136 e. The highest BCUT2D eigenvalue weighted by atomic mass is 16.5. The molecule has 1 aromatic rings. The van der Waals surface area contributed by atoms with Crippen LogP contribution in [0.15, 0.2) is 18.2 Å². The third-order valence-corrected chi connectivity index (χ3v) is 2.18. The molecule has 0 N–H and O–H groups in total. The lowest BCUT2D eigenvalue weighted by atomic mass is 10.1. The first-order chi connectivity index (χ1) is 7.71. The molecule has 0 aliphatic heterocycles. The van der Waals surface area contributed by atoms with Crippen molar-refractivity contribution in [2.24, 2.45) is 0 Å². The maximum absolute atomic E-state index is 8.82. The summed E-state index contributed by atoms with van der Waals surface area (Å²) in [6.07, 6.45) is 0. The Kier molecular flexibility index (Phi) is 4.32. The average Bonchev–Trinajstić information content (AvgIpc) is 2.29. The molecule has 0 aliphatic rings. The Morgan fingerprint density at radius 2 is 2.12 bits per heavy atom. The molecular formula is C12H13N3O. The zero-order valence-corrected chi connectivity index (χ0v) is 9.40. The smallest absolute Gasteiger partial charge is 0.136 e. The number of nitrogens with zero attached hydrogens (tertiary/aromatic N) is 3. The van der Waals surface area contributed by atoms with Crippen LogP contribution < -0.4 is 4.74 Å². The minimum absolute atomic E-state index is 0.377. The Balaban J connectivity index is 2.84. The third-order valence-electron chi connectivity index (χ3n) is 2.18. The molecule has 1 rings (SSSR count). The van der Waals surface area contributed by atoms with Crippen LogP contribution in [0.25, 0.3) is 0 Å². The summed E-state index contributed by atoms with van der Waals surface area (Å²) in [4.78, 5) is 1.89. The van der Waals surface area contributed by atoms with Crippen molar-refractivity contribution in [3.05, 3.63) is 29.3 Å². The lowest BCUT2D eigenvalue weighted by Crippen LogP contribution is -2.17. The van der Waals surface area contributed by atoms with E-state index in [9.17, 15) is 0 Å². The first kappa shape index (κ1) is 12.0. The standard InChI is InChI=1S/C12H13N3O/c1-15(6-5-13)9-10-3-4-11(8-14)12(7-10)16-2/h3-4,7H,6,9H2,1-2H3.